The summed E-state index contributed by atoms with van der Waals surface area (Å²) in [4.78, 5) is 0. The van der Waals surface area contributed by atoms with Crippen molar-refractivity contribution in [2.45, 2.75) is 17.9 Å². The highest BCUT2D eigenvalue weighted by molar-refractivity contribution is 8.20. The number of fused-ring (bicyclic) bond motifs is 1. The van der Waals surface area contributed by atoms with Crippen molar-refractivity contribution in [2.24, 2.45) is 7.05 Å². The largest absolute Gasteiger partial charge is 0.348 e. The summed E-state index contributed by atoms with van der Waals surface area (Å²) >= 11 is 4.18. The Morgan fingerprint density at radius 2 is 1.82 bits per heavy atom. The van der Waals surface area contributed by atoms with Gasteiger partial charge < -0.3 is 4.57 Å². The van der Waals surface area contributed by atoms with Gasteiger partial charge >= 0.3 is 0 Å². The van der Waals surface area contributed by atoms with Gasteiger partial charge in [-0.25, -0.2) is 0 Å². The van der Waals surface area contributed by atoms with Gasteiger partial charge in [0.1, 0.15) is 0 Å². The van der Waals surface area contributed by atoms with Crippen molar-refractivity contribution in [3.63, 3.8) is 0 Å². The quantitative estimate of drug-likeness (QED) is 0.762. The molecule has 90 valence electrons. The van der Waals surface area contributed by atoms with E-state index < -0.39 is 0 Å². The van der Waals surface area contributed by atoms with Crippen LogP contribution < -0.4 is 0 Å². The zero-order chi connectivity index (χ0) is 12.0. The van der Waals surface area contributed by atoms with Crippen LogP contribution in [0.1, 0.15) is 18.2 Å². The van der Waals surface area contributed by atoms with Crippen molar-refractivity contribution in [3.8, 4) is 0 Å². The summed E-state index contributed by atoms with van der Waals surface area (Å²) in [6.07, 6.45) is 0. The molecule has 17 heavy (non-hydrogen) atoms. The fourth-order valence-electron chi connectivity index (χ4n) is 2.75. The lowest BCUT2D eigenvalue weighted by atomic mass is 10.1. The molecule has 0 radical (unpaired) electrons. The maximum absolute atomic E-state index is 2.38. The first-order valence-electron chi connectivity index (χ1n) is 5.96. The monoisotopic (exact) mass is 263 g/mol. The minimum Gasteiger partial charge on any atom is -0.348 e. The third-order valence-corrected chi connectivity index (χ3v) is 6.98. The first-order chi connectivity index (χ1) is 8.13. The van der Waals surface area contributed by atoms with E-state index in [1.165, 1.54) is 33.7 Å². The number of rotatable bonds is 1. The van der Waals surface area contributed by atoms with E-state index in [1.807, 2.05) is 0 Å². The normalized spacial score (nSPS) is 19.0. The molecule has 3 heteroatoms. The van der Waals surface area contributed by atoms with E-state index in [0.717, 1.165) is 0 Å². The van der Waals surface area contributed by atoms with Crippen molar-refractivity contribution in [1.29, 1.82) is 0 Å². The molecule has 1 aliphatic heterocycles. The van der Waals surface area contributed by atoms with Gasteiger partial charge in [-0.1, -0.05) is 18.2 Å². The number of aromatic nitrogens is 1. The summed E-state index contributed by atoms with van der Waals surface area (Å²) in [5.74, 6) is 2.54. The van der Waals surface area contributed by atoms with E-state index in [1.54, 1.807) is 0 Å². The third kappa shape index (κ3) is 1.63. The first kappa shape index (κ1) is 11.5. The van der Waals surface area contributed by atoms with Crippen molar-refractivity contribution >= 4 is 34.4 Å². The molecule has 1 saturated heterocycles. The molecule has 1 nitrogen and oxygen atoms in total. The lowest BCUT2D eigenvalue weighted by Gasteiger charge is -2.23. The van der Waals surface area contributed by atoms with E-state index in [-0.39, 0.29) is 4.08 Å². The van der Waals surface area contributed by atoms with Gasteiger partial charge in [-0.05, 0) is 19.9 Å². The average molecular weight is 263 g/mol. The Hall–Kier alpha value is -0.540. The van der Waals surface area contributed by atoms with E-state index >= 15 is 0 Å². The highest BCUT2D eigenvalue weighted by Gasteiger charge is 2.36. The maximum Gasteiger partial charge on any atom is 0.0855 e. The summed E-state index contributed by atoms with van der Waals surface area (Å²) in [5, 5.41) is 1.43. The Bertz CT molecular complexity index is 565. The van der Waals surface area contributed by atoms with Crippen LogP contribution in [0.15, 0.2) is 24.3 Å². The molecule has 0 atom stereocenters. The van der Waals surface area contributed by atoms with Crippen LogP contribution in [0.4, 0.5) is 0 Å². The summed E-state index contributed by atoms with van der Waals surface area (Å²) in [6.45, 7) is 4.63. The molecule has 3 rings (SSSR count). The molecular weight excluding hydrogens is 246 g/mol. The van der Waals surface area contributed by atoms with Crippen molar-refractivity contribution in [2.75, 3.05) is 11.5 Å². The van der Waals surface area contributed by atoms with E-state index in [0.29, 0.717) is 0 Å². The Kier molecular flexibility index (Phi) is 2.71. The van der Waals surface area contributed by atoms with Crippen molar-refractivity contribution in [1.82, 2.24) is 4.57 Å². The number of benzene rings is 1. The SMILES string of the molecule is Cc1c(C2(C)SCCS2)c2ccccc2n1C. The Labute approximate surface area is 111 Å². The number of aryl methyl sites for hydroxylation is 1. The minimum atomic E-state index is 0.241. The van der Waals surface area contributed by atoms with Gasteiger partial charge in [-0.2, -0.15) is 0 Å². The molecule has 2 aromatic rings. The van der Waals surface area contributed by atoms with Crippen LogP contribution in [0, 0.1) is 6.92 Å². The van der Waals surface area contributed by atoms with Crippen LogP contribution in [0.5, 0.6) is 0 Å². The minimum absolute atomic E-state index is 0.241. The molecule has 2 heterocycles. The predicted molar refractivity (Wildman–Crippen MR) is 79.9 cm³/mol. The van der Waals surface area contributed by atoms with Crippen molar-refractivity contribution < 1.29 is 0 Å². The molecule has 0 N–H and O–H groups in total. The Morgan fingerprint density at radius 3 is 2.53 bits per heavy atom. The van der Waals surface area contributed by atoms with Crippen LogP contribution in [-0.4, -0.2) is 16.1 Å². The molecule has 0 spiro atoms. The fraction of sp³-hybridized carbons (Fsp3) is 0.429. The molecule has 0 saturated carbocycles. The maximum atomic E-state index is 2.38. The topological polar surface area (TPSA) is 4.93 Å². The van der Waals surface area contributed by atoms with Gasteiger partial charge in [0.15, 0.2) is 0 Å². The third-order valence-electron chi connectivity index (χ3n) is 3.69. The standard InChI is InChI=1S/C14H17NS2/c1-10-13(14(2)16-8-9-17-14)11-6-4-5-7-12(11)15(10)3/h4-7H,8-9H2,1-3H3. The summed E-state index contributed by atoms with van der Waals surface area (Å²) in [5.41, 5.74) is 4.30. The highest BCUT2D eigenvalue weighted by Crippen LogP contribution is 2.54. The zero-order valence-electron chi connectivity index (χ0n) is 10.5. The van der Waals surface area contributed by atoms with E-state index in [4.69, 9.17) is 0 Å². The number of hydrogen-bond donors (Lipinski definition) is 0. The summed E-state index contributed by atoms with van der Waals surface area (Å²) < 4.78 is 2.57. The van der Waals surface area contributed by atoms with Crippen LogP contribution in [0.25, 0.3) is 10.9 Å². The number of hydrogen-bond acceptors (Lipinski definition) is 2. The molecule has 1 fully saturated rings. The molecule has 1 aliphatic rings. The van der Waals surface area contributed by atoms with Crippen LogP contribution in [0.2, 0.25) is 0 Å². The van der Waals surface area contributed by atoms with Gasteiger partial charge in [-0.3, -0.25) is 0 Å². The highest BCUT2D eigenvalue weighted by atomic mass is 32.2. The van der Waals surface area contributed by atoms with E-state index in [9.17, 15) is 0 Å². The molecule has 0 aliphatic carbocycles. The zero-order valence-corrected chi connectivity index (χ0v) is 12.1. The molecule has 1 aromatic heterocycles. The molecule has 0 unspecified atom stereocenters. The molecule has 1 aromatic carbocycles. The van der Waals surface area contributed by atoms with Gasteiger partial charge in [-0.15, -0.1) is 23.5 Å². The molecular formula is C14H17NS2. The lowest BCUT2D eigenvalue weighted by Crippen LogP contribution is -2.10. The predicted octanol–water partition coefficient (Wildman–Crippen LogP) is 4.14. The molecule has 0 bridgehead atoms. The van der Waals surface area contributed by atoms with Gasteiger partial charge in [0.25, 0.3) is 0 Å². The second-order valence-electron chi connectivity index (χ2n) is 4.68. The number of nitrogens with zero attached hydrogens (tertiary/aromatic N) is 1. The first-order valence-corrected chi connectivity index (χ1v) is 7.93. The number of thioether (sulfide) groups is 2. The Balaban J connectivity index is 2.32. The van der Waals surface area contributed by atoms with Crippen LogP contribution in [-0.2, 0) is 11.1 Å². The second-order valence-corrected chi connectivity index (χ2v) is 7.96. The van der Waals surface area contributed by atoms with Gasteiger partial charge in [0.2, 0.25) is 0 Å². The second kappa shape index (κ2) is 3.99. The van der Waals surface area contributed by atoms with Gasteiger partial charge in [0, 0.05) is 40.7 Å². The van der Waals surface area contributed by atoms with Crippen LogP contribution >= 0.6 is 23.5 Å². The summed E-state index contributed by atoms with van der Waals surface area (Å²) in [7, 11) is 2.18. The smallest absolute Gasteiger partial charge is 0.0855 e. The van der Waals surface area contributed by atoms with Gasteiger partial charge in [0.05, 0.1) is 4.08 Å². The number of para-hydroxylation sites is 1. The molecule has 0 amide bonds. The Morgan fingerprint density at radius 1 is 1.18 bits per heavy atom. The fourth-order valence-corrected chi connectivity index (χ4v) is 5.84. The summed E-state index contributed by atoms with van der Waals surface area (Å²) in [6, 6.07) is 8.77. The lowest BCUT2D eigenvalue weighted by molar-refractivity contribution is 0.885. The average Bonchev–Trinajstić information content (AvgIpc) is 2.85. The van der Waals surface area contributed by atoms with Crippen molar-refractivity contribution in [3.05, 3.63) is 35.5 Å². The van der Waals surface area contributed by atoms with E-state index in [2.05, 4.69) is 73.3 Å². The van der Waals surface area contributed by atoms with Crippen LogP contribution in [0.3, 0.4) is 0 Å².